The number of nitrogens with zero attached hydrogens (tertiary/aromatic N) is 2. The maximum absolute atomic E-state index is 12.9. The lowest BCUT2D eigenvalue weighted by atomic mass is 9.92. The summed E-state index contributed by atoms with van der Waals surface area (Å²) in [5, 5.41) is 9.62. The summed E-state index contributed by atoms with van der Waals surface area (Å²) < 4.78 is 2.03. The molecule has 2 heterocycles. The second-order valence-electron chi connectivity index (χ2n) is 6.14. The highest BCUT2D eigenvalue weighted by Gasteiger charge is 2.49. The third kappa shape index (κ3) is 2.06. The van der Waals surface area contributed by atoms with Crippen LogP contribution in [0.3, 0.4) is 0 Å². The first-order valence-electron chi connectivity index (χ1n) is 7.82. The lowest BCUT2D eigenvalue weighted by Gasteiger charge is -2.35. The van der Waals surface area contributed by atoms with E-state index < -0.39 is 11.5 Å². The number of aliphatic carboxylic acids is 1. The number of carbonyl (C=O) groups is 2. The van der Waals surface area contributed by atoms with Crippen molar-refractivity contribution in [3.05, 3.63) is 24.0 Å². The van der Waals surface area contributed by atoms with Gasteiger partial charge in [0.05, 0.1) is 0 Å². The molecule has 5 heteroatoms. The highest BCUT2D eigenvalue weighted by Crippen LogP contribution is 2.36. The van der Waals surface area contributed by atoms with Gasteiger partial charge in [-0.15, -0.1) is 0 Å². The van der Waals surface area contributed by atoms with E-state index in [-0.39, 0.29) is 5.91 Å². The average Bonchev–Trinajstić information content (AvgIpc) is 3.02. The SMILES string of the molecule is CCC1(C(=O)O)CCCN1C(=O)c1cccn1C1CCC1. The molecule has 0 spiro atoms. The lowest BCUT2D eigenvalue weighted by molar-refractivity contribution is -0.148. The molecule has 1 saturated carbocycles. The molecule has 5 nitrogen and oxygen atoms in total. The van der Waals surface area contributed by atoms with E-state index in [0.717, 1.165) is 19.3 Å². The van der Waals surface area contributed by atoms with Gasteiger partial charge in [0.1, 0.15) is 11.2 Å². The van der Waals surface area contributed by atoms with Gasteiger partial charge in [-0.1, -0.05) is 6.92 Å². The number of rotatable bonds is 4. The molecular formula is C16H22N2O3. The number of likely N-dealkylation sites (tertiary alicyclic amines) is 1. The van der Waals surface area contributed by atoms with Gasteiger partial charge in [0.25, 0.3) is 5.91 Å². The van der Waals surface area contributed by atoms with Gasteiger partial charge in [-0.3, -0.25) is 4.79 Å². The van der Waals surface area contributed by atoms with Crippen molar-refractivity contribution in [3.8, 4) is 0 Å². The van der Waals surface area contributed by atoms with E-state index in [9.17, 15) is 14.7 Å². The summed E-state index contributed by atoms with van der Waals surface area (Å²) in [4.78, 5) is 26.2. The van der Waals surface area contributed by atoms with Crippen molar-refractivity contribution >= 4 is 11.9 Å². The molecule has 3 rings (SSSR count). The third-order valence-corrected chi connectivity index (χ3v) is 5.18. The van der Waals surface area contributed by atoms with Gasteiger partial charge in [-0.05, 0) is 50.7 Å². The molecule has 1 aliphatic carbocycles. The standard InChI is InChI=1S/C16H22N2O3/c1-2-16(15(20)21)9-5-11-18(16)14(19)13-8-4-10-17(13)12-6-3-7-12/h4,8,10,12H,2-3,5-7,9,11H2,1H3,(H,20,21). The first-order valence-corrected chi connectivity index (χ1v) is 7.82. The molecule has 2 fully saturated rings. The van der Waals surface area contributed by atoms with Crippen LogP contribution in [0.5, 0.6) is 0 Å². The summed E-state index contributed by atoms with van der Waals surface area (Å²) in [6.45, 7) is 2.39. The van der Waals surface area contributed by atoms with Crippen LogP contribution < -0.4 is 0 Å². The van der Waals surface area contributed by atoms with Crippen LogP contribution in [-0.2, 0) is 4.79 Å². The Kier molecular flexibility index (Phi) is 3.51. The number of carboxylic acids is 1. The molecule has 0 bridgehead atoms. The Hall–Kier alpha value is -1.78. The zero-order valence-corrected chi connectivity index (χ0v) is 12.4. The van der Waals surface area contributed by atoms with E-state index in [1.807, 2.05) is 29.8 Å². The second kappa shape index (κ2) is 5.20. The van der Waals surface area contributed by atoms with E-state index in [1.165, 1.54) is 6.42 Å². The van der Waals surface area contributed by atoms with Crippen molar-refractivity contribution in [1.82, 2.24) is 9.47 Å². The Labute approximate surface area is 124 Å². The fourth-order valence-electron chi connectivity index (χ4n) is 3.61. The normalized spacial score (nSPS) is 25.9. The van der Waals surface area contributed by atoms with Gasteiger partial charge in [0.15, 0.2) is 0 Å². The minimum Gasteiger partial charge on any atom is -0.479 e. The Morgan fingerprint density at radius 1 is 1.38 bits per heavy atom. The van der Waals surface area contributed by atoms with Crippen LogP contribution in [0.25, 0.3) is 0 Å². The van der Waals surface area contributed by atoms with E-state index in [4.69, 9.17) is 0 Å². The fourth-order valence-corrected chi connectivity index (χ4v) is 3.61. The fraction of sp³-hybridized carbons (Fsp3) is 0.625. The van der Waals surface area contributed by atoms with Gasteiger partial charge in [-0.25, -0.2) is 4.79 Å². The molecule has 1 aromatic rings. The van der Waals surface area contributed by atoms with Crippen LogP contribution in [0.1, 0.15) is 62.0 Å². The summed E-state index contributed by atoms with van der Waals surface area (Å²) in [5.41, 5.74) is -0.383. The maximum atomic E-state index is 12.9. The minimum atomic E-state index is -1.02. The van der Waals surface area contributed by atoms with Crippen molar-refractivity contribution in [3.63, 3.8) is 0 Å². The van der Waals surface area contributed by atoms with Crippen LogP contribution in [0.2, 0.25) is 0 Å². The predicted octanol–water partition coefficient (Wildman–Crippen LogP) is 2.68. The molecule has 0 radical (unpaired) electrons. The average molecular weight is 290 g/mol. The minimum absolute atomic E-state index is 0.131. The van der Waals surface area contributed by atoms with Crippen LogP contribution in [-0.4, -0.2) is 38.5 Å². The molecule has 1 unspecified atom stereocenters. The van der Waals surface area contributed by atoms with Crippen LogP contribution in [0.4, 0.5) is 0 Å². The summed E-state index contributed by atoms with van der Waals surface area (Å²) in [6, 6.07) is 4.11. The highest BCUT2D eigenvalue weighted by atomic mass is 16.4. The zero-order chi connectivity index (χ0) is 15.0. The van der Waals surface area contributed by atoms with Crippen LogP contribution >= 0.6 is 0 Å². The van der Waals surface area contributed by atoms with E-state index in [0.29, 0.717) is 31.1 Å². The number of hydrogen-bond donors (Lipinski definition) is 1. The number of hydrogen-bond acceptors (Lipinski definition) is 2. The van der Waals surface area contributed by atoms with Crippen molar-refractivity contribution in [1.29, 1.82) is 0 Å². The molecule has 1 amide bonds. The highest BCUT2D eigenvalue weighted by molar-refractivity contribution is 5.97. The Balaban J connectivity index is 1.91. The first kappa shape index (κ1) is 14.2. The Morgan fingerprint density at radius 2 is 2.14 bits per heavy atom. The molecule has 2 aliphatic rings. The summed E-state index contributed by atoms with van der Waals surface area (Å²) in [6.07, 6.45) is 7.12. The molecule has 1 aromatic heterocycles. The smallest absolute Gasteiger partial charge is 0.329 e. The molecule has 1 N–H and O–H groups in total. The lowest BCUT2D eigenvalue weighted by Crippen LogP contribution is -2.53. The largest absolute Gasteiger partial charge is 0.479 e. The number of aromatic nitrogens is 1. The van der Waals surface area contributed by atoms with Crippen molar-refractivity contribution in [2.45, 2.75) is 57.0 Å². The van der Waals surface area contributed by atoms with Gasteiger partial charge in [-0.2, -0.15) is 0 Å². The molecule has 0 aromatic carbocycles. The van der Waals surface area contributed by atoms with Crippen molar-refractivity contribution in [2.75, 3.05) is 6.54 Å². The van der Waals surface area contributed by atoms with Gasteiger partial charge in [0.2, 0.25) is 0 Å². The van der Waals surface area contributed by atoms with E-state index in [2.05, 4.69) is 0 Å². The van der Waals surface area contributed by atoms with Gasteiger partial charge in [0, 0.05) is 18.8 Å². The Bertz CT molecular complexity index is 562. The monoisotopic (exact) mass is 290 g/mol. The summed E-state index contributed by atoms with van der Waals surface area (Å²) in [7, 11) is 0. The maximum Gasteiger partial charge on any atom is 0.329 e. The predicted molar refractivity (Wildman–Crippen MR) is 78.2 cm³/mol. The third-order valence-electron chi connectivity index (χ3n) is 5.18. The molecule has 1 aliphatic heterocycles. The molecular weight excluding hydrogens is 268 g/mol. The quantitative estimate of drug-likeness (QED) is 0.927. The topological polar surface area (TPSA) is 62.5 Å². The van der Waals surface area contributed by atoms with E-state index >= 15 is 0 Å². The number of amides is 1. The molecule has 1 atom stereocenters. The van der Waals surface area contributed by atoms with E-state index in [1.54, 1.807) is 4.90 Å². The van der Waals surface area contributed by atoms with Crippen molar-refractivity contribution in [2.24, 2.45) is 0 Å². The van der Waals surface area contributed by atoms with Crippen LogP contribution in [0.15, 0.2) is 18.3 Å². The number of carboxylic acid groups (broad SMARTS) is 1. The molecule has 21 heavy (non-hydrogen) atoms. The summed E-state index contributed by atoms with van der Waals surface area (Å²) >= 11 is 0. The summed E-state index contributed by atoms with van der Waals surface area (Å²) in [5.74, 6) is -1.01. The Morgan fingerprint density at radius 3 is 2.71 bits per heavy atom. The zero-order valence-electron chi connectivity index (χ0n) is 12.4. The first-order chi connectivity index (χ1) is 10.1. The number of carbonyl (C=O) groups excluding carboxylic acids is 1. The second-order valence-corrected chi connectivity index (χ2v) is 6.14. The van der Waals surface area contributed by atoms with Gasteiger partial charge < -0.3 is 14.6 Å². The van der Waals surface area contributed by atoms with Crippen molar-refractivity contribution < 1.29 is 14.7 Å². The molecule has 1 saturated heterocycles. The van der Waals surface area contributed by atoms with Crippen LogP contribution in [0, 0.1) is 0 Å². The van der Waals surface area contributed by atoms with Gasteiger partial charge >= 0.3 is 5.97 Å². The molecule has 114 valence electrons.